The van der Waals surface area contributed by atoms with Crippen molar-refractivity contribution < 1.29 is 18.8 Å². The topological polar surface area (TPSA) is 101 Å². The Balaban J connectivity index is 1.25. The second-order valence-electron chi connectivity index (χ2n) is 10.1. The number of imide groups is 1. The summed E-state index contributed by atoms with van der Waals surface area (Å²) in [4.78, 5) is 59.6. The summed E-state index contributed by atoms with van der Waals surface area (Å²) in [6, 6.07) is 22.1. The lowest BCUT2D eigenvalue weighted by Gasteiger charge is -2.30. The van der Waals surface area contributed by atoms with Crippen molar-refractivity contribution >= 4 is 63.0 Å². The number of rotatable bonds is 5. The molecule has 0 saturated carbocycles. The predicted molar refractivity (Wildman–Crippen MR) is 159 cm³/mol. The van der Waals surface area contributed by atoms with E-state index in [1.165, 1.54) is 28.8 Å². The highest BCUT2D eigenvalue weighted by atomic mass is 32.2. The van der Waals surface area contributed by atoms with Crippen molar-refractivity contribution in [3.05, 3.63) is 117 Å². The Morgan fingerprint density at radius 1 is 0.929 bits per heavy atom. The number of thioether (sulfide) groups is 1. The van der Waals surface area contributed by atoms with Gasteiger partial charge in [0.25, 0.3) is 0 Å². The minimum atomic E-state index is -0.843. The number of halogens is 1. The van der Waals surface area contributed by atoms with Crippen molar-refractivity contribution in [1.82, 2.24) is 9.55 Å². The molecule has 2 aliphatic rings. The van der Waals surface area contributed by atoms with Crippen molar-refractivity contribution in [3.63, 3.8) is 0 Å². The highest BCUT2D eigenvalue weighted by molar-refractivity contribution is 8.00. The number of nitrogens with one attached hydrogen (secondary N) is 1. The van der Waals surface area contributed by atoms with Crippen LogP contribution in [-0.4, -0.2) is 32.5 Å². The molecule has 0 radical (unpaired) electrons. The summed E-state index contributed by atoms with van der Waals surface area (Å²) in [5, 5.41) is 4.52. The van der Waals surface area contributed by atoms with Crippen LogP contribution in [0.4, 0.5) is 15.8 Å². The summed E-state index contributed by atoms with van der Waals surface area (Å²) in [5.74, 6) is -3.18. The zero-order valence-electron chi connectivity index (χ0n) is 21.8. The minimum Gasteiger partial charge on any atom is -0.325 e. The van der Waals surface area contributed by atoms with E-state index in [2.05, 4.69) is 10.3 Å². The van der Waals surface area contributed by atoms with Crippen LogP contribution in [0, 0.1) is 11.7 Å². The monoisotopic (exact) mass is 596 g/mol. The number of thiazole rings is 1. The summed E-state index contributed by atoms with van der Waals surface area (Å²) >= 11 is 2.09. The van der Waals surface area contributed by atoms with E-state index in [0.29, 0.717) is 21.2 Å². The lowest BCUT2D eigenvalue weighted by Crippen LogP contribution is -2.33. The van der Waals surface area contributed by atoms with E-state index >= 15 is 0 Å². The number of aromatic nitrogens is 2. The fourth-order valence-electron chi connectivity index (χ4n) is 5.63. The molecule has 7 rings (SSSR count). The summed E-state index contributed by atoms with van der Waals surface area (Å²) in [6.45, 7) is -0.258. The van der Waals surface area contributed by atoms with E-state index in [1.54, 1.807) is 24.5 Å². The lowest BCUT2D eigenvalue weighted by atomic mass is 9.84. The quantitative estimate of drug-likeness (QED) is 0.286. The van der Waals surface area contributed by atoms with Crippen molar-refractivity contribution in [2.24, 2.45) is 5.92 Å². The zero-order chi connectivity index (χ0) is 29.0. The second kappa shape index (κ2) is 10.3. The van der Waals surface area contributed by atoms with Gasteiger partial charge < -0.3 is 5.32 Å². The Labute approximate surface area is 246 Å². The third-order valence-electron chi connectivity index (χ3n) is 7.51. The normalized spacial score (nSPS) is 19.5. The summed E-state index contributed by atoms with van der Waals surface area (Å²) in [6.07, 6.45) is 3.23. The van der Waals surface area contributed by atoms with Gasteiger partial charge in [0, 0.05) is 28.9 Å². The van der Waals surface area contributed by atoms with Gasteiger partial charge >= 0.3 is 4.87 Å². The average molecular weight is 597 g/mol. The minimum absolute atomic E-state index is 0.258. The fraction of sp³-hybridized carbons (Fsp3) is 0.129. The molecule has 5 aromatic rings. The molecule has 0 unspecified atom stereocenters. The third kappa shape index (κ3) is 4.41. The Bertz CT molecular complexity index is 1940. The average Bonchev–Trinajstić information content (AvgIpc) is 3.44. The number of amides is 3. The third-order valence-corrected chi connectivity index (χ3v) is 10.1. The number of benzene rings is 3. The SMILES string of the molecule is O=C(Cn1c2c(sc1=O)[C@@H](c1cccnc1)[C@@H]1C(=O)N(c3ccc(F)cc3)C(=O)[C@@H]1S2)Nc1ccc2ccccc2c1. The fourth-order valence-corrected chi connectivity index (χ4v) is 8.40. The first kappa shape index (κ1) is 26.3. The molecule has 1 fully saturated rings. The van der Waals surface area contributed by atoms with Crippen LogP contribution in [0.5, 0.6) is 0 Å². The first-order valence-corrected chi connectivity index (χ1v) is 14.8. The van der Waals surface area contributed by atoms with Crippen LogP contribution in [-0.2, 0) is 20.9 Å². The summed E-state index contributed by atoms with van der Waals surface area (Å²) in [7, 11) is 0. The van der Waals surface area contributed by atoms with E-state index in [0.717, 1.165) is 38.8 Å². The largest absolute Gasteiger partial charge is 0.325 e. The van der Waals surface area contributed by atoms with E-state index in [1.807, 2.05) is 42.5 Å². The Kier molecular flexibility index (Phi) is 6.47. The summed E-state index contributed by atoms with van der Waals surface area (Å²) < 4.78 is 15.0. The second-order valence-corrected chi connectivity index (χ2v) is 12.2. The number of pyridine rings is 1. The van der Waals surface area contributed by atoms with Crippen LogP contribution in [0.1, 0.15) is 16.4 Å². The molecule has 11 heteroatoms. The Morgan fingerprint density at radius 2 is 1.71 bits per heavy atom. The van der Waals surface area contributed by atoms with Gasteiger partial charge in [0.15, 0.2) is 0 Å². The Morgan fingerprint density at radius 3 is 2.48 bits per heavy atom. The van der Waals surface area contributed by atoms with Gasteiger partial charge in [-0.25, -0.2) is 9.29 Å². The number of hydrogen-bond donors (Lipinski definition) is 1. The molecule has 0 aliphatic carbocycles. The predicted octanol–water partition coefficient (Wildman–Crippen LogP) is 5.03. The molecule has 2 aliphatic heterocycles. The number of carbonyl (C=O) groups is 3. The standard InChI is InChI=1S/C31H21FN4O4S2/c32-20-8-11-22(12-9-20)36-28(38)25-24(19-6-3-13-33-15-19)27-30(41-26(25)29(36)39)35(31(40)42-27)16-23(37)34-21-10-7-17-4-1-2-5-18(17)14-21/h1-15,24-26H,16H2,(H,34,37)/t24-,25-,26+/m0/s1. The summed E-state index contributed by atoms with van der Waals surface area (Å²) in [5.41, 5.74) is 1.57. The van der Waals surface area contributed by atoms with Crippen LogP contribution in [0.15, 0.2) is 101 Å². The maximum Gasteiger partial charge on any atom is 0.308 e. The van der Waals surface area contributed by atoms with Crippen LogP contribution in [0.3, 0.4) is 0 Å². The van der Waals surface area contributed by atoms with Crippen molar-refractivity contribution in [3.8, 4) is 0 Å². The molecule has 208 valence electrons. The van der Waals surface area contributed by atoms with Gasteiger partial charge in [-0.15, -0.1) is 0 Å². The number of hydrogen-bond acceptors (Lipinski definition) is 7. The zero-order valence-corrected chi connectivity index (χ0v) is 23.4. The highest BCUT2D eigenvalue weighted by Gasteiger charge is 2.56. The number of nitrogens with zero attached hydrogens (tertiary/aromatic N) is 3. The molecular weight excluding hydrogens is 575 g/mol. The van der Waals surface area contributed by atoms with E-state index in [-0.39, 0.29) is 17.1 Å². The van der Waals surface area contributed by atoms with Gasteiger partial charge in [-0.3, -0.25) is 28.7 Å². The maximum atomic E-state index is 13.8. The molecule has 1 saturated heterocycles. The van der Waals surface area contributed by atoms with Crippen LogP contribution >= 0.6 is 23.1 Å². The number of fused-ring (bicyclic) bond motifs is 3. The van der Waals surface area contributed by atoms with Gasteiger partial charge in [0.2, 0.25) is 17.7 Å². The first-order chi connectivity index (χ1) is 20.4. The van der Waals surface area contributed by atoms with Crippen LogP contribution in [0.25, 0.3) is 10.8 Å². The van der Waals surface area contributed by atoms with E-state index in [9.17, 15) is 23.6 Å². The van der Waals surface area contributed by atoms with Gasteiger partial charge in [0.05, 0.1) is 16.6 Å². The molecule has 42 heavy (non-hydrogen) atoms. The van der Waals surface area contributed by atoms with Crippen LogP contribution in [0.2, 0.25) is 0 Å². The number of carbonyl (C=O) groups excluding carboxylic acids is 3. The molecule has 3 amide bonds. The van der Waals surface area contributed by atoms with Gasteiger partial charge in [0.1, 0.15) is 17.6 Å². The molecule has 8 nitrogen and oxygen atoms in total. The van der Waals surface area contributed by atoms with E-state index in [4.69, 9.17) is 0 Å². The van der Waals surface area contributed by atoms with Gasteiger partial charge in [-0.2, -0.15) is 0 Å². The molecule has 1 N–H and O–H groups in total. The molecule has 3 aromatic carbocycles. The van der Waals surface area contributed by atoms with Gasteiger partial charge in [-0.05, 0) is 58.8 Å². The van der Waals surface area contributed by atoms with E-state index < -0.39 is 40.6 Å². The van der Waals surface area contributed by atoms with Crippen molar-refractivity contribution in [2.45, 2.75) is 22.7 Å². The molecule has 0 spiro atoms. The van der Waals surface area contributed by atoms with Gasteiger partial charge in [-0.1, -0.05) is 59.5 Å². The van der Waals surface area contributed by atoms with Crippen molar-refractivity contribution in [1.29, 1.82) is 0 Å². The maximum absolute atomic E-state index is 13.8. The first-order valence-electron chi connectivity index (χ1n) is 13.1. The number of anilines is 2. The Hall–Kier alpha value is -4.61. The highest BCUT2D eigenvalue weighted by Crippen LogP contribution is 2.53. The molecule has 0 bridgehead atoms. The molecule has 2 aromatic heterocycles. The lowest BCUT2D eigenvalue weighted by molar-refractivity contribution is -0.122. The van der Waals surface area contributed by atoms with Crippen molar-refractivity contribution in [2.75, 3.05) is 10.2 Å². The molecule has 3 atom stereocenters. The smallest absolute Gasteiger partial charge is 0.308 e. The van der Waals surface area contributed by atoms with Crippen LogP contribution < -0.4 is 15.1 Å². The molecular formula is C31H21FN4O4S2. The molecule has 4 heterocycles.